The standard InChI is InChI=1S/C16H23N3O2S.ClH/c1-18(11-15(20)19-8-6-17-7-9-19)16(21)14-10-12-4-2-3-5-13(12)22-14;/h10,17H,2-9,11H2,1H3;1H. The van der Waals surface area contributed by atoms with E-state index in [0.29, 0.717) is 0 Å². The number of halogens is 1. The Kier molecular flexibility index (Phi) is 6.44. The highest BCUT2D eigenvalue weighted by molar-refractivity contribution is 7.14. The molecule has 1 aliphatic carbocycles. The lowest BCUT2D eigenvalue weighted by Crippen LogP contribution is -2.49. The third-order valence-electron chi connectivity index (χ3n) is 4.40. The minimum atomic E-state index is -0.0251. The average molecular weight is 358 g/mol. The molecule has 23 heavy (non-hydrogen) atoms. The lowest BCUT2D eigenvalue weighted by atomic mass is 9.99. The molecule has 3 rings (SSSR count). The van der Waals surface area contributed by atoms with Gasteiger partial charge in [-0.15, -0.1) is 23.7 Å². The summed E-state index contributed by atoms with van der Waals surface area (Å²) in [6, 6.07) is 2.04. The molecule has 0 bridgehead atoms. The van der Waals surface area contributed by atoms with Crippen molar-refractivity contribution in [1.29, 1.82) is 0 Å². The van der Waals surface area contributed by atoms with E-state index in [-0.39, 0.29) is 30.8 Å². The number of nitrogens with one attached hydrogen (secondary N) is 1. The van der Waals surface area contributed by atoms with Crippen LogP contribution in [0.3, 0.4) is 0 Å². The number of piperazine rings is 1. The predicted octanol–water partition coefficient (Wildman–Crippen LogP) is 1.55. The summed E-state index contributed by atoms with van der Waals surface area (Å²) in [6.45, 7) is 3.30. The molecule has 1 aromatic rings. The summed E-state index contributed by atoms with van der Waals surface area (Å²) in [7, 11) is 1.72. The number of thiophene rings is 1. The van der Waals surface area contributed by atoms with E-state index < -0.39 is 0 Å². The lowest BCUT2D eigenvalue weighted by molar-refractivity contribution is -0.132. The average Bonchev–Trinajstić information content (AvgIpc) is 2.98. The summed E-state index contributed by atoms with van der Waals surface area (Å²) in [5.41, 5.74) is 1.33. The predicted molar refractivity (Wildman–Crippen MR) is 94.6 cm³/mol. The van der Waals surface area contributed by atoms with Crippen molar-refractivity contribution in [1.82, 2.24) is 15.1 Å². The molecule has 0 radical (unpaired) electrons. The fourth-order valence-corrected chi connectivity index (χ4v) is 4.32. The summed E-state index contributed by atoms with van der Waals surface area (Å²) in [4.78, 5) is 30.3. The van der Waals surface area contributed by atoms with Gasteiger partial charge in [-0.2, -0.15) is 0 Å². The number of likely N-dealkylation sites (N-methyl/N-ethyl adjacent to an activating group) is 1. The van der Waals surface area contributed by atoms with Crippen LogP contribution < -0.4 is 5.32 Å². The van der Waals surface area contributed by atoms with E-state index in [9.17, 15) is 9.59 Å². The van der Waals surface area contributed by atoms with Gasteiger partial charge in [0, 0.05) is 38.1 Å². The van der Waals surface area contributed by atoms with Gasteiger partial charge in [-0.25, -0.2) is 0 Å². The molecule has 2 amide bonds. The van der Waals surface area contributed by atoms with E-state index in [1.165, 1.54) is 23.3 Å². The molecule has 1 aliphatic heterocycles. The molecule has 1 saturated heterocycles. The Balaban J connectivity index is 0.00000192. The van der Waals surface area contributed by atoms with E-state index in [1.807, 2.05) is 11.0 Å². The van der Waals surface area contributed by atoms with Crippen LogP contribution in [0.5, 0.6) is 0 Å². The third kappa shape index (κ3) is 4.25. The largest absolute Gasteiger partial charge is 0.339 e. The molecule has 0 unspecified atom stereocenters. The monoisotopic (exact) mass is 357 g/mol. The molecule has 5 nitrogen and oxygen atoms in total. The summed E-state index contributed by atoms with van der Waals surface area (Å²) < 4.78 is 0. The number of fused-ring (bicyclic) bond motifs is 1. The van der Waals surface area contributed by atoms with Crippen molar-refractivity contribution >= 4 is 35.6 Å². The Morgan fingerprint density at radius 1 is 1.26 bits per heavy atom. The number of hydrogen-bond donors (Lipinski definition) is 1. The van der Waals surface area contributed by atoms with Gasteiger partial charge in [0.15, 0.2) is 0 Å². The number of amides is 2. The first kappa shape index (κ1) is 18.2. The smallest absolute Gasteiger partial charge is 0.264 e. The Morgan fingerprint density at radius 2 is 1.96 bits per heavy atom. The van der Waals surface area contributed by atoms with Gasteiger partial charge in [0.05, 0.1) is 11.4 Å². The van der Waals surface area contributed by atoms with Crippen LogP contribution in [-0.4, -0.2) is 61.4 Å². The molecule has 2 aliphatic rings. The summed E-state index contributed by atoms with van der Waals surface area (Å²) in [6.07, 6.45) is 4.62. The first-order valence-electron chi connectivity index (χ1n) is 8.00. The van der Waals surface area contributed by atoms with Crippen LogP contribution in [0.2, 0.25) is 0 Å². The van der Waals surface area contributed by atoms with E-state index in [0.717, 1.165) is 43.9 Å². The minimum Gasteiger partial charge on any atom is -0.339 e. The summed E-state index contributed by atoms with van der Waals surface area (Å²) in [5, 5.41) is 3.23. The number of carbonyl (C=O) groups excluding carboxylic acids is 2. The number of aryl methyl sites for hydroxylation is 2. The molecular formula is C16H24ClN3O2S. The highest BCUT2D eigenvalue weighted by Crippen LogP contribution is 2.30. The second-order valence-electron chi connectivity index (χ2n) is 6.06. The molecule has 7 heteroatoms. The molecule has 0 spiro atoms. The van der Waals surface area contributed by atoms with Gasteiger partial charge >= 0.3 is 0 Å². The molecule has 1 fully saturated rings. The van der Waals surface area contributed by atoms with Gasteiger partial charge in [0.1, 0.15) is 0 Å². The summed E-state index contributed by atoms with van der Waals surface area (Å²) in [5.74, 6) is 0.0153. The normalized spacial score (nSPS) is 17.2. The SMILES string of the molecule is CN(CC(=O)N1CCNCC1)C(=O)c1cc2c(s1)CCCC2.Cl. The zero-order chi connectivity index (χ0) is 15.5. The quantitative estimate of drug-likeness (QED) is 0.893. The van der Waals surface area contributed by atoms with E-state index in [1.54, 1.807) is 23.3 Å². The zero-order valence-corrected chi connectivity index (χ0v) is 15.1. The highest BCUT2D eigenvalue weighted by atomic mass is 35.5. The third-order valence-corrected chi connectivity index (χ3v) is 5.62. The zero-order valence-electron chi connectivity index (χ0n) is 13.5. The van der Waals surface area contributed by atoms with Crippen molar-refractivity contribution in [3.63, 3.8) is 0 Å². The fourth-order valence-electron chi connectivity index (χ4n) is 3.07. The van der Waals surface area contributed by atoms with Gasteiger partial charge in [-0.1, -0.05) is 0 Å². The van der Waals surface area contributed by atoms with Crippen molar-refractivity contribution in [2.45, 2.75) is 25.7 Å². The van der Waals surface area contributed by atoms with Crippen LogP contribution >= 0.6 is 23.7 Å². The van der Waals surface area contributed by atoms with Crippen LogP contribution in [0.15, 0.2) is 6.07 Å². The Morgan fingerprint density at radius 3 is 2.65 bits per heavy atom. The molecule has 2 heterocycles. The second-order valence-corrected chi connectivity index (χ2v) is 7.19. The van der Waals surface area contributed by atoms with Crippen LogP contribution in [0.1, 0.15) is 33.0 Å². The minimum absolute atomic E-state index is 0. The lowest BCUT2D eigenvalue weighted by Gasteiger charge is -2.29. The van der Waals surface area contributed by atoms with Crippen LogP contribution in [0.4, 0.5) is 0 Å². The van der Waals surface area contributed by atoms with Crippen molar-refractivity contribution in [3.05, 3.63) is 21.4 Å². The molecule has 0 atom stereocenters. The summed E-state index contributed by atoms with van der Waals surface area (Å²) >= 11 is 1.61. The molecule has 0 saturated carbocycles. The van der Waals surface area contributed by atoms with Crippen molar-refractivity contribution in [3.8, 4) is 0 Å². The number of carbonyl (C=O) groups is 2. The number of hydrogen-bond acceptors (Lipinski definition) is 4. The van der Waals surface area contributed by atoms with Crippen molar-refractivity contribution < 1.29 is 9.59 Å². The van der Waals surface area contributed by atoms with Crippen molar-refractivity contribution in [2.24, 2.45) is 0 Å². The van der Waals surface area contributed by atoms with Crippen LogP contribution in [0, 0.1) is 0 Å². The van der Waals surface area contributed by atoms with E-state index in [2.05, 4.69) is 5.32 Å². The number of nitrogens with zero attached hydrogens (tertiary/aromatic N) is 2. The van der Waals surface area contributed by atoms with Crippen molar-refractivity contribution in [2.75, 3.05) is 39.8 Å². The van der Waals surface area contributed by atoms with Crippen LogP contribution in [0.25, 0.3) is 0 Å². The van der Waals surface area contributed by atoms with E-state index >= 15 is 0 Å². The van der Waals surface area contributed by atoms with Crippen LogP contribution in [-0.2, 0) is 17.6 Å². The topological polar surface area (TPSA) is 52.7 Å². The molecular weight excluding hydrogens is 334 g/mol. The Hall–Kier alpha value is -1.11. The Labute approximate surface area is 147 Å². The number of rotatable bonds is 3. The first-order chi connectivity index (χ1) is 10.6. The Bertz CT molecular complexity index is 546. The molecule has 1 N–H and O–H groups in total. The maximum Gasteiger partial charge on any atom is 0.264 e. The molecule has 1 aromatic heterocycles. The van der Waals surface area contributed by atoms with Gasteiger partial charge in [0.25, 0.3) is 5.91 Å². The van der Waals surface area contributed by atoms with Gasteiger partial charge < -0.3 is 15.1 Å². The molecule has 128 valence electrons. The van der Waals surface area contributed by atoms with Gasteiger partial charge in [0.2, 0.25) is 5.91 Å². The van der Waals surface area contributed by atoms with Gasteiger partial charge in [-0.05, 0) is 37.3 Å². The van der Waals surface area contributed by atoms with Gasteiger partial charge in [-0.3, -0.25) is 9.59 Å². The van der Waals surface area contributed by atoms with E-state index in [4.69, 9.17) is 0 Å². The maximum absolute atomic E-state index is 12.5. The maximum atomic E-state index is 12.5. The molecule has 0 aromatic carbocycles. The fraction of sp³-hybridized carbons (Fsp3) is 0.625. The first-order valence-corrected chi connectivity index (χ1v) is 8.82. The second kappa shape index (κ2) is 8.13. The highest BCUT2D eigenvalue weighted by Gasteiger charge is 2.23.